The largest absolute Gasteiger partial charge is 1.00 e. The van der Waals surface area contributed by atoms with E-state index < -0.39 is 0 Å². The molecule has 0 rings (SSSR count). The summed E-state index contributed by atoms with van der Waals surface area (Å²) in [6.07, 6.45) is 0. The first-order valence-electron chi connectivity index (χ1n) is 0.428. The van der Waals surface area contributed by atoms with Crippen molar-refractivity contribution in [3.63, 3.8) is 0 Å². The summed E-state index contributed by atoms with van der Waals surface area (Å²) in [5, 5.41) is 8.47. The van der Waals surface area contributed by atoms with Crippen molar-refractivity contribution in [2.75, 3.05) is 0 Å². The van der Waals surface area contributed by atoms with Gasteiger partial charge in [0.2, 0.25) is 0 Å². The molecule has 1 nitrogen and oxygen atoms in total. The van der Waals surface area contributed by atoms with Crippen LogP contribution in [0.5, 0.6) is 0 Å². The number of thiocyanates is 1. The molecule has 0 radical (unpaired) electrons. The molecule has 0 heterocycles. The second-order valence-electron chi connectivity index (χ2n) is 0.0913. The SMILES string of the molecule is N#C[S-].[Cl-].[K+].[K+]. The Morgan fingerprint density at radius 2 is 1.33 bits per heavy atom. The fraction of sp³-hybridized carbons (Fsp3) is 0. The van der Waals surface area contributed by atoms with Crippen molar-refractivity contribution in [2.24, 2.45) is 0 Å². The summed E-state index contributed by atoms with van der Waals surface area (Å²) in [4.78, 5) is 0. The maximum atomic E-state index is 7.13. The summed E-state index contributed by atoms with van der Waals surface area (Å²) in [5.74, 6) is 0. The summed E-state index contributed by atoms with van der Waals surface area (Å²) in [5.41, 5.74) is 0. The van der Waals surface area contributed by atoms with E-state index in [0.29, 0.717) is 0 Å². The summed E-state index contributed by atoms with van der Waals surface area (Å²) < 4.78 is 0. The van der Waals surface area contributed by atoms with Gasteiger partial charge in [-0.05, 0) is 0 Å². The van der Waals surface area contributed by atoms with Crippen molar-refractivity contribution in [1.29, 1.82) is 5.26 Å². The number of hydrogen-bond acceptors (Lipinski definition) is 2. The standard InChI is InChI=1S/CHNS.ClH.2K/c2-1-3;;;/h3H;1H;;/q;;2*+1/p-2. The zero-order chi connectivity index (χ0) is 2.71. The Labute approximate surface area is 134 Å². The molecule has 0 aliphatic rings. The van der Waals surface area contributed by atoms with Crippen LogP contribution >= 0.6 is 0 Å². The van der Waals surface area contributed by atoms with E-state index in [0.717, 1.165) is 0 Å². The predicted octanol–water partition coefficient (Wildman–Crippen LogP) is -8.97. The summed E-state index contributed by atoms with van der Waals surface area (Å²) in [6.45, 7) is 0. The van der Waals surface area contributed by atoms with Gasteiger partial charge in [0.1, 0.15) is 0 Å². The van der Waals surface area contributed by atoms with Gasteiger partial charge in [-0.1, -0.05) is 5.40 Å². The average molecular weight is 172 g/mol. The fourth-order valence-electron chi connectivity index (χ4n) is 0. The van der Waals surface area contributed by atoms with E-state index in [9.17, 15) is 0 Å². The van der Waals surface area contributed by atoms with Crippen LogP contribution in [0.1, 0.15) is 0 Å². The van der Waals surface area contributed by atoms with Crippen LogP contribution in [-0.2, 0) is 12.6 Å². The third-order valence-corrected chi connectivity index (χ3v) is 0. The molecule has 0 saturated carbocycles. The summed E-state index contributed by atoms with van der Waals surface area (Å²) in [7, 11) is 0. The number of nitrogens with zero attached hydrogens (tertiary/aromatic N) is 1. The molecule has 0 fully saturated rings. The summed E-state index contributed by atoms with van der Waals surface area (Å²) >= 11 is 3.70. The topological polar surface area (TPSA) is 23.8 Å². The van der Waals surface area contributed by atoms with E-state index in [1.807, 2.05) is 0 Å². The molecular weight excluding hydrogens is 172 g/mol. The van der Waals surface area contributed by atoms with Gasteiger partial charge in [-0.2, -0.15) is 0 Å². The Balaban J connectivity index is -0.00000000667. The first kappa shape index (κ1) is 22.8. The predicted molar refractivity (Wildman–Crippen MR) is 13.0 cm³/mol. The second-order valence-corrected chi connectivity index (χ2v) is 0.274. The van der Waals surface area contributed by atoms with Gasteiger partial charge in [0.15, 0.2) is 0 Å². The molecule has 24 valence electrons. The van der Waals surface area contributed by atoms with E-state index in [4.69, 9.17) is 5.26 Å². The quantitative estimate of drug-likeness (QED) is 0.206. The van der Waals surface area contributed by atoms with Crippen molar-refractivity contribution in [2.45, 2.75) is 0 Å². The van der Waals surface area contributed by atoms with Gasteiger partial charge in [0.25, 0.3) is 0 Å². The maximum Gasteiger partial charge on any atom is 1.00 e. The van der Waals surface area contributed by atoms with E-state index >= 15 is 0 Å². The molecule has 0 N–H and O–H groups in total. The van der Waals surface area contributed by atoms with Crippen LogP contribution < -0.4 is 115 Å². The molecule has 5 heteroatoms. The molecule has 0 bridgehead atoms. The zero-order valence-electron chi connectivity index (χ0n) is 3.73. The number of rotatable bonds is 0. The van der Waals surface area contributed by atoms with Gasteiger partial charge in [0, 0.05) is 0 Å². The van der Waals surface area contributed by atoms with Crippen LogP contribution in [0, 0.1) is 10.7 Å². The van der Waals surface area contributed by atoms with Crippen LogP contribution in [-0.4, -0.2) is 0 Å². The Bertz CT molecular complexity index is 35.0. The Hall–Kier alpha value is 3.27. The minimum atomic E-state index is 0. The molecule has 0 amide bonds. The third kappa shape index (κ3) is 26.7. The molecule has 0 atom stereocenters. The average Bonchev–Trinajstić information content (AvgIpc) is 0.918. The van der Waals surface area contributed by atoms with Crippen LogP contribution in [0.3, 0.4) is 0 Å². The van der Waals surface area contributed by atoms with Crippen molar-refractivity contribution in [3.05, 3.63) is 0 Å². The van der Waals surface area contributed by atoms with Crippen molar-refractivity contribution < 1.29 is 115 Å². The molecule has 0 aromatic carbocycles. The monoisotopic (exact) mass is 171 g/mol. The molecule has 0 saturated heterocycles. The Morgan fingerprint density at radius 1 is 1.33 bits per heavy atom. The molecule has 0 aromatic heterocycles. The van der Waals surface area contributed by atoms with Gasteiger partial charge in [-0.3, -0.25) is 0 Å². The molecular formula is CClK2NS. The van der Waals surface area contributed by atoms with Gasteiger partial charge in [-0.25, -0.2) is 5.26 Å². The fourth-order valence-corrected chi connectivity index (χ4v) is 0. The molecule has 0 unspecified atom stereocenters. The Kier molecular flexibility index (Phi) is 91.2. The van der Waals surface area contributed by atoms with Gasteiger partial charge in [-0.15, -0.1) is 0 Å². The van der Waals surface area contributed by atoms with Crippen LogP contribution in [0.2, 0.25) is 0 Å². The molecule has 0 aliphatic carbocycles. The number of halogens is 1. The van der Waals surface area contributed by atoms with Crippen molar-refractivity contribution in [1.82, 2.24) is 0 Å². The normalized spacial score (nSPS) is 1.17. The van der Waals surface area contributed by atoms with E-state index in [1.165, 1.54) is 5.40 Å². The molecule has 6 heavy (non-hydrogen) atoms. The van der Waals surface area contributed by atoms with Crippen molar-refractivity contribution >= 4 is 12.6 Å². The maximum absolute atomic E-state index is 7.13. The molecule has 0 spiro atoms. The molecule has 0 aliphatic heterocycles. The molecule has 0 aromatic rings. The summed E-state index contributed by atoms with van der Waals surface area (Å²) in [6, 6.07) is 0. The van der Waals surface area contributed by atoms with E-state index in [1.54, 1.807) is 0 Å². The minimum Gasteiger partial charge on any atom is -1.00 e. The number of nitriles is 1. The van der Waals surface area contributed by atoms with Crippen LogP contribution in [0.4, 0.5) is 0 Å². The third-order valence-electron chi connectivity index (χ3n) is 0. The van der Waals surface area contributed by atoms with E-state index in [2.05, 4.69) is 12.6 Å². The van der Waals surface area contributed by atoms with E-state index in [-0.39, 0.29) is 115 Å². The van der Waals surface area contributed by atoms with Gasteiger partial charge < -0.3 is 25.0 Å². The van der Waals surface area contributed by atoms with Crippen LogP contribution in [0.15, 0.2) is 0 Å². The van der Waals surface area contributed by atoms with Crippen molar-refractivity contribution in [3.8, 4) is 5.40 Å². The minimum absolute atomic E-state index is 0. The Morgan fingerprint density at radius 3 is 1.33 bits per heavy atom. The second kappa shape index (κ2) is 24.0. The first-order valence-corrected chi connectivity index (χ1v) is 0.836. The smallest absolute Gasteiger partial charge is 1.00 e. The zero-order valence-corrected chi connectivity index (χ0v) is 11.6. The number of hydrogen-bond donors (Lipinski definition) is 0. The first-order chi connectivity index (χ1) is 1.41. The van der Waals surface area contributed by atoms with Crippen LogP contribution in [0.25, 0.3) is 0 Å². The van der Waals surface area contributed by atoms with Gasteiger partial charge >= 0.3 is 103 Å². The van der Waals surface area contributed by atoms with Gasteiger partial charge in [0.05, 0.1) is 0 Å².